The van der Waals surface area contributed by atoms with Gasteiger partial charge in [-0.15, -0.1) is 0 Å². The number of aliphatic hydroxyl groups is 1. The molecule has 0 radical (unpaired) electrons. The van der Waals surface area contributed by atoms with Crippen LogP contribution < -0.4 is 0 Å². The second-order valence-electron chi connectivity index (χ2n) is 25.1. The Morgan fingerprint density at radius 2 is 1.11 bits per heavy atom. The van der Waals surface area contributed by atoms with Crippen LogP contribution in [-0.2, 0) is 51.5 Å². The van der Waals surface area contributed by atoms with Gasteiger partial charge in [0.25, 0.3) is 0 Å². The minimum atomic E-state index is -0.690. The normalized spacial score (nSPS) is 52.8. The van der Waals surface area contributed by atoms with Crippen molar-refractivity contribution in [2.24, 2.45) is 131 Å². The average Bonchev–Trinajstić information content (AvgIpc) is 4.11. The standard InChI is InChI=1S/C52H71NO12/c1-18-23(42-39-27-10-21(35(39)41(18)62-42)14-34(27)51(60)65-52(3,4)5)15-28-31(46-40-26-11-22(37(40)43(28)63-46)13-33(26)50(59)61-8-7-54)17-30-29(16-24-19(2)47(55)53(6)48(24)56)45-38-25-9-20(12-32(25)49(57)58)36(38)44(30)64-45/h18,20-23,25-46,54-56H,7-17H2,1-6H3,(H,57,58). The Labute approximate surface area is 382 Å². The molecule has 6 aliphatic carbocycles. The summed E-state index contributed by atoms with van der Waals surface area (Å²) in [5, 5.41) is 42.2. The van der Waals surface area contributed by atoms with Gasteiger partial charge in [0.05, 0.1) is 61.0 Å². The molecule has 12 aliphatic rings. The number of rotatable bonds is 11. The van der Waals surface area contributed by atoms with Gasteiger partial charge in [0.15, 0.2) is 11.8 Å². The molecule has 356 valence electrons. The molecule has 6 aliphatic heterocycles. The number of carboxylic acid groups (broad SMARTS) is 1. The average molecular weight is 902 g/mol. The van der Waals surface area contributed by atoms with E-state index in [0.717, 1.165) is 56.9 Å². The molecular formula is C52H71NO12. The molecule has 12 bridgehead atoms. The number of fused-ring (bicyclic) bond motifs is 27. The molecule has 0 amide bonds. The van der Waals surface area contributed by atoms with Crippen molar-refractivity contribution < 1.29 is 58.5 Å². The third kappa shape index (κ3) is 5.67. The molecule has 1 aromatic heterocycles. The highest BCUT2D eigenvalue weighted by Crippen LogP contribution is 2.73. The first-order chi connectivity index (χ1) is 31.0. The van der Waals surface area contributed by atoms with Crippen molar-refractivity contribution in [2.45, 2.75) is 135 Å². The molecule has 13 nitrogen and oxygen atoms in total. The summed E-state index contributed by atoms with van der Waals surface area (Å²) in [7, 11) is 1.69. The van der Waals surface area contributed by atoms with Gasteiger partial charge in [-0.1, -0.05) is 6.92 Å². The highest BCUT2D eigenvalue weighted by Gasteiger charge is 2.75. The van der Waals surface area contributed by atoms with Crippen molar-refractivity contribution in [3.05, 3.63) is 11.1 Å². The van der Waals surface area contributed by atoms with Gasteiger partial charge in [-0.25, -0.2) is 0 Å². The van der Waals surface area contributed by atoms with E-state index in [1.54, 1.807) is 7.05 Å². The topological polar surface area (TPSA) is 183 Å². The highest BCUT2D eigenvalue weighted by atomic mass is 16.6. The first-order valence-corrected chi connectivity index (χ1v) is 25.8. The summed E-state index contributed by atoms with van der Waals surface area (Å²) >= 11 is 0. The first kappa shape index (κ1) is 42.2. The van der Waals surface area contributed by atoms with Crippen molar-refractivity contribution in [3.8, 4) is 11.8 Å². The molecule has 6 saturated carbocycles. The zero-order valence-corrected chi connectivity index (χ0v) is 38.9. The number of nitrogens with zero attached hydrogens (tertiary/aromatic N) is 1. The molecule has 12 fully saturated rings. The van der Waals surface area contributed by atoms with Crippen LogP contribution in [0.25, 0.3) is 0 Å². The number of aromatic nitrogens is 1. The predicted octanol–water partition coefficient (Wildman–Crippen LogP) is 5.75. The number of aliphatic carboxylic acids is 1. The van der Waals surface area contributed by atoms with Crippen molar-refractivity contribution >= 4 is 17.9 Å². The van der Waals surface area contributed by atoms with E-state index < -0.39 is 11.6 Å². The number of carbonyl (C=O) groups excluding carboxylic acids is 2. The largest absolute Gasteiger partial charge is 0.494 e. The van der Waals surface area contributed by atoms with Crippen LogP contribution in [0.2, 0.25) is 0 Å². The van der Waals surface area contributed by atoms with Gasteiger partial charge in [-0.3, -0.25) is 19.0 Å². The summed E-state index contributed by atoms with van der Waals surface area (Å²) in [4.78, 5) is 39.8. The van der Waals surface area contributed by atoms with Gasteiger partial charge >= 0.3 is 17.9 Å². The fourth-order valence-corrected chi connectivity index (χ4v) is 20.2. The molecule has 7 heterocycles. The lowest BCUT2D eigenvalue weighted by Crippen LogP contribution is -2.51. The lowest BCUT2D eigenvalue weighted by atomic mass is 9.54. The van der Waals surface area contributed by atoms with E-state index in [4.69, 9.17) is 23.7 Å². The van der Waals surface area contributed by atoms with Crippen LogP contribution in [-0.4, -0.2) is 98.3 Å². The van der Waals surface area contributed by atoms with Gasteiger partial charge in [0.1, 0.15) is 12.2 Å². The summed E-state index contributed by atoms with van der Waals surface area (Å²) < 4.78 is 34.8. The summed E-state index contributed by atoms with van der Waals surface area (Å²) in [6, 6.07) is 0. The maximum Gasteiger partial charge on any atom is 0.309 e. The molecule has 27 atom stereocenters. The molecule has 13 rings (SSSR count). The second-order valence-corrected chi connectivity index (χ2v) is 25.1. The SMILES string of the molecule is Cc1c(CC2C(CC3C(CC4C(C)C5OC4C4C6CC(CC6C(=O)OC(C)(C)C)C54)C4OC3C3C5CC(CC5C(=O)OCCO)C43)C3OC2C2C4CC(CC4C(=O)O)C32)c(O)n(C)c1O. The highest BCUT2D eigenvalue weighted by molar-refractivity contribution is 5.74. The molecule has 6 saturated heterocycles. The Morgan fingerprint density at radius 3 is 1.65 bits per heavy atom. The third-order valence-electron chi connectivity index (χ3n) is 21.9. The fourth-order valence-electron chi connectivity index (χ4n) is 20.2. The van der Waals surface area contributed by atoms with Crippen LogP contribution in [0, 0.1) is 131 Å². The summed E-state index contributed by atoms with van der Waals surface area (Å²) in [6.07, 6.45) is 8.33. The van der Waals surface area contributed by atoms with Crippen molar-refractivity contribution in [1.29, 1.82) is 0 Å². The molecule has 13 heteroatoms. The van der Waals surface area contributed by atoms with Crippen molar-refractivity contribution in [3.63, 3.8) is 0 Å². The first-order valence-electron chi connectivity index (χ1n) is 25.8. The van der Waals surface area contributed by atoms with E-state index in [1.165, 1.54) is 4.57 Å². The Bertz CT molecular complexity index is 2140. The monoisotopic (exact) mass is 901 g/mol. The number of esters is 2. The molecule has 0 aromatic carbocycles. The Balaban J connectivity index is 0.834. The lowest BCUT2D eigenvalue weighted by molar-refractivity contribution is -0.163. The lowest BCUT2D eigenvalue weighted by Gasteiger charge is -2.47. The van der Waals surface area contributed by atoms with E-state index in [9.17, 15) is 34.8 Å². The number of hydrogen-bond acceptors (Lipinski definition) is 11. The second kappa shape index (κ2) is 14.3. The van der Waals surface area contributed by atoms with Crippen LogP contribution in [0.4, 0.5) is 0 Å². The van der Waals surface area contributed by atoms with E-state index in [-0.39, 0.29) is 133 Å². The maximum atomic E-state index is 13.7. The zero-order valence-electron chi connectivity index (χ0n) is 38.9. The molecule has 4 N–H and O–H groups in total. The maximum absolute atomic E-state index is 13.7. The number of ether oxygens (including phenoxy) is 5. The van der Waals surface area contributed by atoms with Crippen LogP contribution in [0.5, 0.6) is 11.8 Å². The summed E-state index contributed by atoms with van der Waals surface area (Å²) in [6.45, 7) is 10.0. The van der Waals surface area contributed by atoms with E-state index in [1.807, 2.05) is 27.7 Å². The smallest absolute Gasteiger partial charge is 0.309 e. The van der Waals surface area contributed by atoms with E-state index in [2.05, 4.69) is 6.92 Å². The Morgan fingerprint density at radius 1 is 0.646 bits per heavy atom. The number of carboxylic acids is 1. The number of hydrogen-bond donors (Lipinski definition) is 4. The van der Waals surface area contributed by atoms with Crippen molar-refractivity contribution in [2.75, 3.05) is 13.2 Å². The van der Waals surface area contributed by atoms with Crippen LogP contribution in [0.1, 0.15) is 90.2 Å². The number of carbonyl (C=O) groups is 3. The zero-order chi connectivity index (χ0) is 45.0. The molecule has 0 spiro atoms. The van der Waals surface area contributed by atoms with Gasteiger partial charge in [-0.2, -0.15) is 0 Å². The fraction of sp³-hybridized carbons (Fsp3) is 0.865. The number of aliphatic hydroxyl groups excluding tert-OH is 1. The minimum Gasteiger partial charge on any atom is -0.494 e. The van der Waals surface area contributed by atoms with Crippen LogP contribution >= 0.6 is 0 Å². The van der Waals surface area contributed by atoms with E-state index in [0.29, 0.717) is 77.1 Å². The van der Waals surface area contributed by atoms with Gasteiger partial charge in [0.2, 0.25) is 0 Å². The van der Waals surface area contributed by atoms with Gasteiger partial charge < -0.3 is 44.1 Å². The minimum absolute atomic E-state index is 0.000600. The third-order valence-corrected chi connectivity index (χ3v) is 21.9. The molecular weight excluding hydrogens is 831 g/mol. The number of aromatic hydroxyl groups is 2. The van der Waals surface area contributed by atoms with Gasteiger partial charge in [0, 0.05) is 18.2 Å². The molecule has 1 aromatic rings. The Kier molecular flexibility index (Phi) is 9.32. The summed E-state index contributed by atoms with van der Waals surface area (Å²) in [5.74, 6) is 4.09. The molecule has 27 unspecified atom stereocenters. The summed E-state index contributed by atoms with van der Waals surface area (Å²) in [5.41, 5.74) is 0.920. The van der Waals surface area contributed by atoms with Crippen LogP contribution in [0.3, 0.4) is 0 Å². The predicted molar refractivity (Wildman–Crippen MR) is 231 cm³/mol. The van der Waals surface area contributed by atoms with Crippen molar-refractivity contribution in [1.82, 2.24) is 4.57 Å². The van der Waals surface area contributed by atoms with E-state index >= 15 is 0 Å². The molecule has 65 heavy (non-hydrogen) atoms. The quantitative estimate of drug-likeness (QED) is 0.198. The Hall–Kier alpha value is -2.87. The van der Waals surface area contributed by atoms with Crippen LogP contribution in [0.15, 0.2) is 0 Å². The van der Waals surface area contributed by atoms with Gasteiger partial charge in [-0.05, 0) is 192 Å².